The molecule has 0 aliphatic carbocycles. The highest BCUT2D eigenvalue weighted by Gasteiger charge is 2.35. The number of nitrogens with zero attached hydrogens (tertiary/aromatic N) is 3. The number of fused-ring (bicyclic) bond motifs is 1. The van der Waals surface area contributed by atoms with Gasteiger partial charge in [0.1, 0.15) is 17.3 Å². The van der Waals surface area contributed by atoms with Crippen LogP contribution in [0.1, 0.15) is 55.4 Å². The Morgan fingerprint density at radius 2 is 1.97 bits per heavy atom. The highest BCUT2D eigenvalue weighted by molar-refractivity contribution is 5.98. The summed E-state index contributed by atoms with van der Waals surface area (Å²) in [5.74, 6) is -0.308. The Morgan fingerprint density at radius 1 is 1.26 bits per heavy atom. The third-order valence-electron chi connectivity index (χ3n) is 6.09. The van der Waals surface area contributed by atoms with Crippen molar-refractivity contribution >= 4 is 11.7 Å². The quantitative estimate of drug-likeness (QED) is 0.736. The van der Waals surface area contributed by atoms with Crippen LogP contribution in [0.4, 0.5) is 4.39 Å². The standard InChI is InChI=1S/C24H33FN4O2/c1-15-12-16(8-9-18(15)25)22-27-21(19-14-28(6)10-7-11-29(19)22)20(30)13-17(23(31)26-5)24(2,3)4/h8-9,12,17H,7,10-11,13-14H2,1-6H3,(H,26,31)/t17-/m1/s1. The molecule has 6 nitrogen and oxygen atoms in total. The van der Waals surface area contributed by atoms with Crippen LogP contribution in [0.5, 0.6) is 0 Å². The van der Waals surface area contributed by atoms with Crippen LogP contribution < -0.4 is 5.32 Å². The minimum atomic E-state index is -0.456. The van der Waals surface area contributed by atoms with Gasteiger partial charge in [0.25, 0.3) is 0 Å². The summed E-state index contributed by atoms with van der Waals surface area (Å²) in [5.41, 5.74) is 2.26. The van der Waals surface area contributed by atoms with Gasteiger partial charge in [-0.2, -0.15) is 0 Å². The molecule has 2 aromatic rings. The molecule has 31 heavy (non-hydrogen) atoms. The average molecular weight is 429 g/mol. The number of halogens is 1. The smallest absolute Gasteiger partial charge is 0.223 e. The summed E-state index contributed by atoms with van der Waals surface area (Å²) in [6, 6.07) is 4.93. The van der Waals surface area contributed by atoms with Gasteiger partial charge >= 0.3 is 0 Å². The van der Waals surface area contributed by atoms with Crippen molar-refractivity contribution < 1.29 is 14.0 Å². The molecular weight excluding hydrogens is 395 g/mol. The summed E-state index contributed by atoms with van der Waals surface area (Å²) < 4.78 is 15.9. The summed E-state index contributed by atoms with van der Waals surface area (Å²) >= 11 is 0. The third kappa shape index (κ3) is 4.87. The predicted molar refractivity (Wildman–Crippen MR) is 119 cm³/mol. The van der Waals surface area contributed by atoms with E-state index in [1.54, 1.807) is 26.1 Å². The molecule has 0 bridgehead atoms. The second kappa shape index (κ2) is 8.91. The molecule has 1 atom stereocenters. The van der Waals surface area contributed by atoms with Gasteiger partial charge in [-0.1, -0.05) is 20.8 Å². The molecular formula is C24H33FN4O2. The first-order chi connectivity index (χ1) is 14.5. The van der Waals surface area contributed by atoms with Crippen molar-refractivity contribution in [1.82, 2.24) is 19.8 Å². The number of hydrogen-bond acceptors (Lipinski definition) is 4. The first-order valence-corrected chi connectivity index (χ1v) is 10.8. The molecule has 1 N–H and O–H groups in total. The number of aromatic nitrogens is 2. The minimum Gasteiger partial charge on any atom is -0.359 e. The van der Waals surface area contributed by atoms with E-state index in [2.05, 4.69) is 14.8 Å². The highest BCUT2D eigenvalue weighted by Crippen LogP contribution is 2.32. The molecule has 1 aromatic heterocycles. The number of imidazole rings is 1. The molecule has 1 aliphatic heterocycles. The summed E-state index contributed by atoms with van der Waals surface area (Å²) in [5, 5.41) is 2.69. The van der Waals surface area contributed by atoms with Crippen LogP contribution >= 0.6 is 0 Å². The zero-order valence-corrected chi connectivity index (χ0v) is 19.4. The van der Waals surface area contributed by atoms with E-state index in [1.165, 1.54) is 6.07 Å². The Balaban J connectivity index is 2.07. The molecule has 0 saturated carbocycles. The molecule has 3 rings (SSSR count). The lowest BCUT2D eigenvalue weighted by Crippen LogP contribution is -2.37. The summed E-state index contributed by atoms with van der Waals surface area (Å²) in [4.78, 5) is 32.9. The van der Waals surface area contributed by atoms with Crippen LogP contribution in [0, 0.1) is 24.1 Å². The van der Waals surface area contributed by atoms with E-state index in [0.717, 1.165) is 30.8 Å². The number of carbonyl (C=O) groups is 2. The van der Waals surface area contributed by atoms with Gasteiger partial charge in [0.05, 0.1) is 11.6 Å². The van der Waals surface area contributed by atoms with Crippen LogP contribution in [-0.2, 0) is 17.9 Å². The molecule has 1 aromatic carbocycles. The van der Waals surface area contributed by atoms with Crippen molar-refractivity contribution in [3.63, 3.8) is 0 Å². The van der Waals surface area contributed by atoms with E-state index >= 15 is 0 Å². The van der Waals surface area contributed by atoms with Crippen LogP contribution in [-0.4, -0.2) is 46.8 Å². The van der Waals surface area contributed by atoms with Gasteiger partial charge in [-0.15, -0.1) is 0 Å². The second-order valence-electron chi connectivity index (χ2n) is 9.60. The van der Waals surface area contributed by atoms with E-state index < -0.39 is 5.92 Å². The van der Waals surface area contributed by atoms with Crippen LogP contribution in [0.25, 0.3) is 11.4 Å². The number of carbonyl (C=O) groups excluding carboxylic acids is 2. The molecule has 168 valence electrons. The van der Waals surface area contributed by atoms with Gasteiger partial charge in [-0.05, 0) is 56.1 Å². The minimum absolute atomic E-state index is 0.0960. The van der Waals surface area contributed by atoms with E-state index in [0.29, 0.717) is 23.6 Å². The lowest BCUT2D eigenvalue weighted by atomic mass is 9.77. The van der Waals surface area contributed by atoms with E-state index in [1.807, 2.05) is 27.8 Å². The fraction of sp³-hybridized carbons (Fsp3) is 0.542. The van der Waals surface area contributed by atoms with Gasteiger partial charge in [0.15, 0.2) is 5.78 Å². The Bertz CT molecular complexity index is 990. The summed E-state index contributed by atoms with van der Waals surface area (Å²) in [7, 11) is 3.62. The van der Waals surface area contributed by atoms with Gasteiger partial charge in [0, 0.05) is 32.1 Å². The Kier molecular flexibility index (Phi) is 6.65. The topological polar surface area (TPSA) is 67.2 Å². The van der Waals surface area contributed by atoms with Crippen molar-refractivity contribution in [2.45, 2.75) is 53.6 Å². The Labute approximate surface area is 183 Å². The van der Waals surface area contributed by atoms with E-state index in [-0.39, 0.29) is 29.3 Å². The molecule has 1 aliphatic rings. The van der Waals surface area contributed by atoms with E-state index in [4.69, 9.17) is 4.98 Å². The van der Waals surface area contributed by atoms with Crippen LogP contribution in [0.15, 0.2) is 18.2 Å². The predicted octanol–water partition coefficient (Wildman–Crippen LogP) is 3.81. The Morgan fingerprint density at radius 3 is 2.58 bits per heavy atom. The molecule has 0 radical (unpaired) electrons. The highest BCUT2D eigenvalue weighted by atomic mass is 19.1. The van der Waals surface area contributed by atoms with E-state index in [9.17, 15) is 14.0 Å². The first-order valence-electron chi connectivity index (χ1n) is 10.8. The SMILES string of the molecule is CNC(=O)[C@@H](CC(=O)c1nc(-c2ccc(F)c(C)c2)n2c1CN(C)CCC2)C(C)(C)C. The van der Waals surface area contributed by atoms with Crippen molar-refractivity contribution in [3.05, 3.63) is 41.0 Å². The van der Waals surface area contributed by atoms with Crippen molar-refractivity contribution in [2.24, 2.45) is 11.3 Å². The van der Waals surface area contributed by atoms with Gasteiger partial charge in [-0.25, -0.2) is 9.37 Å². The fourth-order valence-electron chi connectivity index (χ4n) is 4.20. The van der Waals surface area contributed by atoms with Crippen molar-refractivity contribution in [3.8, 4) is 11.4 Å². The fourth-order valence-corrected chi connectivity index (χ4v) is 4.20. The number of ketones is 1. The third-order valence-corrected chi connectivity index (χ3v) is 6.09. The Hall–Kier alpha value is -2.54. The number of rotatable bonds is 5. The second-order valence-corrected chi connectivity index (χ2v) is 9.60. The normalized spacial score (nSPS) is 15.8. The van der Waals surface area contributed by atoms with Gasteiger partial charge in [0.2, 0.25) is 5.91 Å². The number of benzene rings is 1. The van der Waals surface area contributed by atoms with Gasteiger partial charge in [-0.3, -0.25) is 9.59 Å². The summed E-state index contributed by atoms with van der Waals surface area (Å²) in [6.45, 7) is 9.89. The molecule has 1 amide bonds. The molecule has 0 spiro atoms. The maximum atomic E-state index is 13.8. The molecule has 2 heterocycles. The number of aryl methyl sites for hydroxylation is 1. The maximum absolute atomic E-state index is 13.8. The van der Waals surface area contributed by atoms with Crippen molar-refractivity contribution in [1.29, 1.82) is 0 Å². The summed E-state index contributed by atoms with van der Waals surface area (Å²) in [6.07, 6.45) is 1.03. The first kappa shape index (κ1) is 23.1. The number of hydrogen-bond donors (Lipinski definition) is 1. The molecule has 0 saturated heterocycles. The molecule has 0 fully saturated rings. The molecule has 7 heteroatoms. The van der Waals surface area contributed by atoms with Gasteiger partial charge < -0.3 is 14.8 Å². The zero-order valence-electron chi connectivity index (χ0n) is 19.4. The monoisotopic (exact) mass is 428 g/mol. The van der Waals surface area contributed by atoms with Crippen LogP contribution in [0.3, 0.4) is 0 Å². The largest absolute Gasteiger partial charge is 0.359 e. The number of nitrogens with one attached hydrogen (secondary N) is 1. The lowest BCUT2D eigenvalue weighted by molar-refractivity contribution is -0.127. The maximum Gasteiger partial charge on any atom is 0.223 e. The van der Waals surface area contributed by atoms with Crippen molar-refractivity contribution in [2.75, 3.05) is 20.6 Å². The number of Topliss-reactive ketones (excluding diaryl/α,β-unsaturated/α-hetero) is 1. The zero-order chi connectivity index (χ0) is 22.9. The number of amides is 1. The molecule has 0 unspecified atom stereocenters. The average Bonchev–Trinajstić information content (AvgIpc) is 2.93. The lowest BCUT2D eigenvalue weighted by Gasteiger charge is -2.28. The van der Waals surface area contributed by atoms with Crippen LogP contribution in [0.2, 0.25) is 0 Å².